The van der Waals surface area contributed by atoms with E-state index in [0.29, 0.717) is 5.56 Å². The lowest BCUT2D eigenvalue weighted by molar-refractivity contribution is 0.102. The molecule has 0 aliphatic heterocycles. The Morgan fingerprint density at radius 1 is 1.27 bits per heavy atom. The van der Waals surface area contributed by atoms with E-state index >= 15 is 0 Å². The van der Waals surface area contributed by atoms with Gasteiger partial charge in [0.25, 0.3) is 5.91 Å². The van der Waals surface area contributed by atoms with Crippen LogP contribution in [0.15, 0.2) is 36.8 Å². The molecular weight excluding hydrogens is 348 g/mol. The van der Waals surface area contributed by atoms with Crippen LogP contribution < -0.4 is 5.32 Å². The first-order valence-corrected chi connectivity index (χ1v) is 9.27. The molecule has 7 nitrogen and oxygen atoms in total. The smallest absolute Gasteiger partial charge is 0.259 e. The molecule has 1 N–H and O–H groups in total. The average molecular weight is 364 g/mol. The van der Waals surface area contributed by atoms with Gasteiger partial charge in [-0.05, 0) is 59.5 Å². The van der Waals surface area contributed by atoms with Gasteiger partial charge in [0.2, 0.25) is 0 Å². The maximum Gasteiger partial charge on any atom is 0.259 e. The van der Waals surface area contributed by atoms with E-state index in [1.165, 1.54) is 11.2 Å². The molecule has 1 amide bonds. The van der Waals surface area contributed by atoms with Gasteiger partial charge in [-0.3, -0.25) is 4.79 Å². The fourth-order valence-corrected chi connectivity index (χ4v) is 4.89. The van der Waals surface area contributed by atoms with Crippen LogP contribution >= 0.6 is 11.3 Å². The van der Waals surface area contributed by atoms with E-state index in [0.717, 1.165) is 46.4 Å². The molecule has 0 unspecified atom stereocenters. The quantitative estimate of drug-likeness (QED) is 0.606. The van der Waals surface area contributed by atoms with Gasteiger partial charge >= 0.3 is 0 Å². The lowest BCUT2D eigenvalue weighted by Crippen LogP contribution is -2.15. The molecule has 0 radical (unpaired) electrons. The van der Waals surface area contributed by atoms with E-state index in [4.69, 9.17) is 0 Å². The van der Waals surface area contributed by atoms with Crippen LogP contribution in [0.3, 0.4) is 0 Å². The van der Waals surface area contributed by atoms with Gasteiger partial charge in [0.15, 0.2) is 0 Å². The van der Waals surface area contributed by atoms with Gasteiger partial charge in [0.05, 0.1) is 5.56 Å². The van der Waals surface area contributed by atoms with Gasteiger partial charge in [-0.15, -0.1) is 16.4 Å². The number of anilines is 1. The summed E-state index contributed by atoms with van der Waals surface area (Å²) < 4.78 is 3.64. The molecule has 1 aliphatic rings. The topological polar surface area (TPSA) is 77.6 Å². The van der Waals surface area contributed by atoms with Gasteiger partial charge in [-0.25, -0.2) is 0 Å². The van der Waals surface area contributed by atoms with Crippen LogP contribution in [0, 0.1) is 0 Å². The molecule has 1 aromatic carbocycles. The molecule has 8 heteroatoms. The van der Waals surface area contributed by atoms with E-state index in [9.17, 15) is 4.79 Å². The van der Waals surface area contributed by atoms with Crippen molar-refractivity contribution < 1.29 is 4.79 Å². The highest BCUT2D eigenvalue weighted by Gasteiger charge is 2.28. The van der Waals surface area contributed by atoms with Gasteiger partial charge in [0, 0.05) is 34.7 Å². The molecule has 1 aliphatic carbocycles. The number of hydrogen-bond acceptors (Lipinski definition) is 5. The van der Waals surface area contributed by atoms with Crippen LogP contribution in [0.5, 0.6) is 0 Å². The second kappa shape index (κ2) is 5.77. The van der Waals surface area contributed by atoms with Crippen LogP contribution in [0.2, 0.25) is 0 Å². The normalized spacial score (nSPS) is 13.3. The maximum absolute atomic E-state index is 13.1. The van der Waals surface area contributed by atoms with Crippen molar-refractivity contribution in [2.75, 3.05) is 5.32 Å². The minimum absolute atomic E-state index is 0.106. The lowest BCUT2D eigenvalue weighted by atomic mass is 10.1. The zero-order chi connectivity index (χ0) is 17.7. The Labute approximate surface area is 153 Å². The standard InChI is InChI=1S/C18H16N6OS/c1-23-8-7-11-9-12(5-6-14(11)23)20-17(25)16-13-3-2-4-15(13)26-18(16)24-10-19-21-22-24/h5-10H,2-4H2,1H3,(H,20,25). The molecular formula is C18H16N6OS. The lowest BCUT2D eigenvalue weighted by Gasteiger charge is -2.08. The fourth-order valence-electron chi connectivity index (χ4n) is 3.59. The Kier molecular flexibility index (Phi) is 3.39. The summed E-state index contributed by atoms with van der Waals surface area (Å²) >= 11 is 1.61. The second-order valence-corrected chi connectivity index (χ2v) is 7.53. The van der Waals surface area contributed by atoms with E-state index in [-0.39, 0.29) is 5.91 Å². The van der Waals surface area contributed by atoms with E-state index < -0.39 is 0 Å². The molecule has 130 valence electrons. The van der Waals surface area contributed by atoms with Crippen LogP contribution in [0.25, 0.3) is 15.9 Å². The molecule has 0 bridgehead atoms. The number of rotatable bonds is 3. The van der Waals surface area contributed by atoms with Gasteiger partial charge < -0.3 is 9.88 Å². The van der Waals surface area contributed by atoms with E-state index in [1.54, 1.807) is 16.0 Å². The predicted molar refractivity (Wildman–Crippen MR) is 99.9 cm³/mol. The van der Waals surface area contributed by atoms with Crippen LogP contribution in [-0.2, 0) is 19.9 Å². The van der Waals surface area contributed by atoms with Gasteiger partial charge in [0.1, 0.15) is 11.3 Å². The van der Waals surface area contributed by atoms with Crippen LogP contribution in [-0.4, -0.2) is 30.7 Å². The molecule has 3 heterocycles. The third-order valence-corrected chi connectivity index (χ3v) is 6.11. The van der Waals surface area contributed by atoms with Crippen molar-refractivity contribution in [2.24, 2.45) is 7.05 Å². The number of thiophene rings is 1. The van der Waals surface area contributed by atoms with Crippen molar-refractivity contribution in [1.29, 1.82) is 0 Å². The Morgan fingerprint density at radius 2 is 2.19 bits per heavy atom. The zero-order valence-electron chi connectivity index (χ0n) is 14.1. The highest BCUT2D eigenvalue weighted by atomic mass is 32.1. The molecule has 0 saturated carbocycles. The number of aryl methyl sites for hydroxylation is 2. The second-order valence-electron chi connectivity index (χ2n) is 6.45. The molecule has 3 aromatic heterocycles. The van der Waals surface area contributed by atoms with Crippen molar-refractivity contribution in [3.63, 3.8) is 0 Å². The first kappa shape index (κ1) is 15.3. The van der Waals surface area contributed by atoms with Crippen LogP contribution in [0.1, 0.15) is 27.2 Å². The summed E-state index contributed by atoms with van der Waals surface area (Å²) in [5.74, 6) is -0.106. The predicted octanol–water partition coefficient (Wildman–Crippen LogP) is 2.96. The van der Waals surface area contributed by atoms with E-state index in [2.05, 4.69) is 25.4 Å². The number of carbonyl (C=O) groups excluding carboxylic acids is 1. The number of benzene rings is 1. The van der Waals surface area contributed by atoms with Crippen LogP contribution in [0.4, 0.5) is 5.69 Å². The number of nitrogens with one attached hydrogen (secondary N) is 1. The molecule has 26 heavy (non-hydrogen) atoms. The molecule has 5 rings (SSSR count). The molecule has 0 fully saturated rings. The number of tetrazole rings is 1. The summed E-state index contributed by atoms with van der Waals surface area (Å²) in [5, 5.41) is 16.3. The maximum atomic E-state index is 13.1. The third kappa shape index (κ3) is 2.33. The number of aromatic nitrogens is 5. The molecule has 4 aromatic rings. The Hall–Kier alpha value is -3.00. The summed E-state index contributed by atoms with van der Waals surface area (Å²) in [4.78, 5) is 14.4. The minimum Gasteiger partial charge on any atom is -0.351 e. The summed E-state index contributed by atoms with van der Waals surface area (Å²) in [5.41, 5.74) is 3.75. The SMILES string of the molecule is Cn1ccc2cc(NC(=O)c3c(-n4cnnn4)sc4c3CCC4)ccc21. The number of fused-ring (bicyclic) bond motifs is 2. The summed E-state index contributed by atoms with van der Waals surface area (Å²) in [6.07, 6.45) is 6.58. The number of carbonyl (C=O) groups is 1. The largest absolute Gasteiger partial charge is 0.351 e. The van der Waals surface area contributed by atoms with Crippen molar-refractivity contribution in [3.05, 3.63) is 52.8 Å². The number of nitrogens with zero attached hydrogens (tertiary/aromatic N) is 5. The summed E-state index contributed by atoms with van der Waals surface area (Å²) in [6.45, 7) is 0. The third-order valence-electron chi connectivity index (χ3n) is 4.83. The first-order valence-electron chi connectivity index (χ1n) is 8.45. The zero-order valence-corrected chi connectivity index (χ0v) is 15.0. The monoisotopic (exact) mass is 364 g/mol. The fraction of sp³-hybridized carbons (Fsp3) is 0.222. The minimum atomic E-state index is -0.106. The van der Waals surface area contributed by atoms with Gasteiger partial charge in [-0.2, -0.15) is 4.68 Å². The highest BCUT2D eigenvalue weighted by molar-refractivity contribution is 7.15. The highest BCUT2D eigenvalue weighted by Crippen LogP contribution is 2.37. The number of amides is 1. The Balaban J connectivity index is 1.53. The summed E-state index contributed by atoms with van der Waals surface area (Å²) in [7, 11) is 2.01. The first-order chi connectivity index (χ1) is 12.7. The Morgan fingerprint density at radius 3 is 3.04 bits per heavy atom. The van der Waals surface area contributed by atoms with Crippen molar-refractivity contribution in [3.8, 4) is 5.00 Å². The van der Waals surface area contributed by atoms with Crippen molar-refractivity contribution >= 4 is 33.8 Å². The van der Waals surface area contributed by atoms with Gasteiger partial charge in [-0.1, -0.05) is 0 Å². The molecule has 0 spiro atoms. The molecule has 0 atom stereocenters. The molecule has 0 saturated heterocycles. The average Bonchev–Trinajstić information content (AvgIpc) is 3.38. The number of hydrogen-bond donors (Lipinski definition) is 1. The van der Waals surface area contributed by atoms with E-state index in [1.807, 2.05) is 37.5 Å². The summed E-state index contributed by atoms with van der Waals surface area (Å²) in [6, 6.07) is 7.99. The van der Waals surface area contributed by atoms with Crippen molar-refractivity contribution in [1.82, 2.24) is 24.8 Å². The Bertz CT molecular complexity index is 1120. The van der Waals surface area contributed by atoms with Crippen molar-refractivity contribution in [2.45, 2.75) is 19.3 Å².